The van der Waals surface area contributed by atoms with Gasteiger partial charge in [-0.3, -0.25) is 76.7 Å². The molecule has 0 aliphatic carbocycles. The molecule has 0 bridgehead atoms. The molecule has 0 aliphatic rings. The van der Waals surface area contributed by atoms with E-state index in [0.29, 0.717) is 38.5 Å². The molecule has 41 nitrogen and oxygen atoms in total. The summed E-state index contributed by atoms with van der Waals surface area (Å²) in [7, 11) is 0. The Bertz CT molecular complexity index is 4390. The molecule has 14 amide bonds. The van der Waals surface area contributed by atoms with Crippen LogP contribution < -0.4 is 80.2 Å². The number of aromatic hydroxyl groups is 1. The maximum atomic E-state index is 14.2. The fourth-order valence-corrected chi connectivity index (χ4v) is 12.3. The SMILES string of the molecule is CC(C)C[C@H](NC(=O)[C@@H](NC(=O)[C@H](Cc1c[nH]c2ccccc12)NC(=O)[C@H](CS)NC(=O)[C@H](CCC(=O)O)NC(=O)[C@@H](NC(=O)CNC(=O)CNC(=O)[C@H](Cc1ccc(O)cc1)NC(=O)[C@H](CCC(=O)O)NC(=O)CNC(=O)[C@@H](NC(=O)[C@H](Cc1c[nH]c2ccccc12)NC(=O)[C@H](CS)NC(=O)[C@@H](N)CO)[C@@H](C)O)C(C)C)[C@@H](C)O)C(=O)O. The largest absolute Gasteiger partial charge is 0.508 e. The highest BCUT2D eigenvalue weighted by atomic mass is 32.1. The Hall–Kier alpha value is -11.9. The number of H-pyrrole nitrogens is 2. The van der Waals surface area contributed by atoms with Crippen molar-refractivity contribution in [2.45, 2.75) is 178 Å². The lowest BCUT2D eigenvalue weighted by Gasteiger charge is -2.28. The van der Waals surface area contributed by atoms with Crippen molar-refractivity contribution in [3.05, 3.63) is 102 Å². The average molecular weight is 1690 g/mol. The second kappa shape index (κ2) is 47.3. The molecule has 644 valence electrons. The molecule has 0 fully saturated rings. The fourth-order valence-electron chi connectivity index (χ4n) is 11.8. The van der Waals surface area contributed by atoms with Gasteiger partial charge in [0.1, 0.15) is 78.3 Å². The Morgan fingerprint density at radius 1 is 0.407 bits per heavy atom. The van der Waals surface area contributed by atoms with Crippen LogP contribution in [-0.2, 0) is 101 Å². The number of fused-ring (bicyclic) bond motifs is 2. The number of aliphatic hydroxyl groups excluding tert-OH is 3. The second-order valence-electron chi connectivity index (χ2n) is 28.5. The van der Waals surface area contributed by atoms with E-state index in [-0.39, 0.29) is 43.1 Å². The van der Waals surface area contributed by atoms with Gasteiger partial charge >= 0.3 is 17.9 Å². The number of phenolic OH excluding ortho intramolecular Hbond substituents is 1. The number of aromatic nitrogens is 2. The van der Waals surface area contributed by atoms with Crippen LogP contribution in [0.15, 0.2) is 85.2 Å². The van der Waals surface area contributed by atoms with E-state index >= 15 is 0 Å². The molecule has 5 rings (SSSR count). The van der Waals surface area contributed by atoms with Gasteiger partial charge in [0.05, 0.1) is 38.4 Å². The molecule has 2 aromatic heterocycles. The van der Waals surface area contributed by atoms with E-state index in [1.165, 1.54) is 45.0 Å². The Kier molecular flexibility index (Phi) is 38.8. The average Bonchev–Trinajstić information content (AvgIpc) is 1.61. The number of rotatable bonds is 49. The number of hydrogen-bond acceptors (Lipinski definition) is 24. The first-order valence-corrected chi connectivity index (χ1v) is 38.6. The quantitative estimate of drug-likeness (QED) is 0.0162. The number of phenols is 1. The van der Waals surface area contributed by atoms with E-state index in [1.807, 2.05) is 0 Å². The van der Waals surface area contributed by atoms with E-state index in [0.717, 1.165) is 6.92 Å². The smallest absolute Gasteiger partial charge is 0.326 e. The Balaban J connectivity index is 1.23. The van der Waals surface area contributed by atoms with Gasteiger partial charge in [0, 0.05) is 77.8 Å². The third-order valence-electron chi connectivity index (χ3n) is 18.2. The molecule has 2 heterocycles. The molecule has 0 saturated heterocycles. The lowest BCUT2D eigenvalue weighted by Crippen LogP contribution is -2.61. The molecule has 118 heavy (non-hydrogen) atoms. The highest BCUT2D eigenvalue weighted by Gasteiger charge is 2.38. The number of amides is 14. The number of aliphatic hydroxyl groups is 3. The number of carbonyl (C=O) groups excluding carboxylic acids is 14. The molecular formula is C75H103N17O24S2. The van der Waals surface area contributed by atoms with Gasteiger partial charge in [-0.05, 0) is 85.9 Å². The maximum Gasteiger partial charge on any atom is 0.326 e. The van der Waals surface area contributed by atoms with Crippen molar-refractivity contribution >= 4 is 148 Å². The molecule has 43 heteroatoms. The van der Waals surface area contributed by atoms with Gasteiger partial charge in [-0.2, -0.15) is 25.3 Å². The molecular weight excluding hydrogens is 1590 g/mol. The zero-order chi connectivity index (χ0) is 87.8. The third kappa shape index (κ3) is 30.9. The molecule has 3 aromatic carbocycles. The van der Waals surface area contributed by atoms with Crippen molar-refractivity contribution in [3.63, 3.8) is 0 Å². The Labute approximate surface area is 686 Å². The number of carbonyl (C=O) groups is 17. The van der Waals surface area contributed by atoms with Crippen LogP contribution in [0.4, 0.5) is 0 Å². The van der Waals surface area contributed by atoms with Crippen molar-refractivity contribution in [1.29, 1.82) is 0 Å². The number of nitrogens with one attached hydrogen (secondary N) is 16. The summed E-state index contributed by atoms with van der Waals surface area (Å²) in [6.07, 6.45) is -3.78. The zero-order valence-corrected chi connectivity index (χ0v) is 67.1. The topological polar surface area (TPSA) is 658 Å². The summed E-state index contributed by atoms with van der Waals surface area (Å²) >= 11 is 8.37. The van der Waals surface area contributed by atoms with Gasteiger partial charge in [-0.25, -0.2) is 4.79 Å². The number of benzene rings is 3. The van der Waals surface area contributed by atoms with Crippen molar-refractivity contribution in [2.75, 3.05) is 37.7 Å². The number of carboxylic acid groups (broad SMARTS) is 3. The molecule has 0 saturated carbocycles. The van der Waals surface area contributed by atoms with E-state index in [2.05, 4.69) is 110 Å². The van der Waals surface area contributed by atoms with Gasteiger partial charge in [0.25, 0.3) is 0 Å². The molecule has 0 radical (unpaired) electrons. The maximum absolute atomic E-state index is 14.2. The van der Waals surface area contributed by atoms with Crippen LogP contribution in [0.25, 0.3) is 21.8 Å². The fraction of sp³-hybridized carbons (Fsp3) is 0.480. The minimum Gasteiger partial charge on any atom is -0.508 e. The summed E-state index contributed by atoms with van der Waals surface area (Å²) in [5.74, 6) is -21.1. The molecule has 0 unspecified atom stereocenters. The first-order chi connectivity index (χ1) is 55.7. The number of nitrogens with two attached hydrogens (primary N) is 1. The molecule has 0 spiro atoms. The summed E-state index contributed by atoms with van der Waals surface area (Å²) in [4.78, 5) is 234. The van der Waals surface area contributed by atoms with Gasteiger partial charge in [-0.15, -0.1) is 0 Å². The van der Waals surface area contributed by atoms with Crippen LogP contribution in [0, 0.1) is 11.8 Å². The standard InChI is InChI=1S/C75H103N17O24S2/c1-35(2)23-53(75(115)116)87-74(114)63(38(6)95)92-69(109)52(26-41-28-78-47-14-10-8-12-44(41)47)86-71(111)55(34-118)89-67(107)49(20-22-60(102)103)83-73(113)61(36(3)4)90-58(99)30-79-56(97)29-80-65(105)50(24-39-15-17-42(96)18-16-39)84-66(106)48(19-21-59(100)101)82-57(98)31-81-72(112)62(37(5)94)91-68(108)51(25-40-27-77-46-13-9-7-11-43(40)46)85-70(110)54(33-117)88-64(104)45(76)32-93/h7-18,27-28,35-38,45,48-55,61-63,77-78,93-96,117-118H,19-26,29-34,76H2,1-6H3,(H,79,97)(H,80,105)(H,81,112)(H,82,98)(H,83,113)(H,84,106)(H,85,110)(H,86,111)(H,87,114)(H,88,104)(H,89,107)(H,90,99)(H,91,108)(H,92,109)(H,100,101)(H,102,103)(H,115,116)/t37-,38-,45+,48+,49+,50+,51+,52+,53+,54+,55+,61+,62+,63+/m1/s1. The number of para-hydroxylation sites is 2. The van der Waals surface area contributed by atoms with Crippen LogP contribution >= 0.6 is 25.3 Å². The lowest BCUT2D eigenvalue weighted by molar-refractivity contribution is -0.143. The molecule has 25 N–H and O–H groups in total. The Morgan fingerprint density at radius 2 is 0.788 bits per heavy atom. The minimum absolute atomic E-state index is 0.00459. The summed E-state index contributed by atoms with van der Waals surface area (Å²) in [6.45, 7) is 5.15. The predicted molar refractivity (Wildman–Crippen MR) is 428 cm³/mol. The van der Waals surface area contributed by atoms with Crippen molar-refractivity contribution < 1.29 is 117 Å². The summed E-state index contributed by atoms with van der Waals surface area (Å²) in [6, 6.07) is -0.192. The van der Waals surface area contributed by atoms with Gasteiger partial charge < -0.3 is 126 Å². The number of aromatic amines is 2. The molecule has 5 aromatic rings. The van der Waals surface area contributed by atoms with Gasteiger partial charge in [-0.1, -0.05) is 76.2 Å². The third-order valence-corrected chi connectivity index (χ3v) is 19.0. The van der Waals surface area contributed by atoms with E-state index in [9.17, 15) is 117 Å². The monoisotopic (exact) mass is 1690 g/mol. The lowest BCUT2D eigenvalue weighted by atomic mass is 10.0. The van der Waals surface area contributed by atoms with Gasteiger partial charge in [0.2, 0.25) is 82.7 Å². The molecule has 14 atom stereocenters. The van der Waals surface area contributed by atoms with Crippen molar-refractivity contribution in [3.8, 4) is 5.75 Å². The normalized spacial score (nSPS) is 14.8. The zero-order valence-electron chi connectivity index (χ0n) is 65.3. The summed E-state index contributed by atoms with van der Waals surface area (Å²) in [5, 5.41) is 104. The van der Waals surface area contributed by atoms with E-state index in [1.54, 1.807) is 74.8 Å². The first-order valence-electron chi connectivity index (χ1n) is 37.4. The summed E-state index contributed by atoms with van der Waals surface area (Å²) < 4.78 is 0. The number of aliphatic carboxylic acids is 3. The van der Waals surface area contributed by atoms with Crippen LogP contribution in [0.1, 0.15) is 90.3 Å². The Morgan fingerprint density at radius 3 is 1.24 bits per heavy atom. The van der Waals surface area contributed by atoms with Crippen LogP contribution in [0.3, 0.4) is 0 Å². The van der Waals surface area contributed by atoms with E-state index < -0.39 is 249 Å². The molecule has 0 aliphatic heterocycles. The highest BCUT2D eigenvalue weighted by molar-refractivity contribution is 7.80. The minimum atomic E-state index is -1.85. The highest BCUT2D eigenvalue weighted by Crippen LogP contribution is 2.22. The van der Waals surface area contributed by atoms with Crippen molar-refractivity contribution in [2.24, 2.45) is 17.6 Å². The summed E-state index contributed by atoms with van der Waals surface area (Å²) in [5.41, 5.74) is 8.19. The van der Waals surface area contributed by atoms with Gasteiger partial charge in [0.15, 0.2) is 0 Å². The van der Waals surface area contributed by atoms with E-state index in [4.69, 9.17) is 5.73 Å². The second-order valence-corrected chi connectivity index (χ2v) is 29.2. The van der Waals surface area contributed by atoms with Crippen molar-refractivity contribution in [1.82, 2.24) is 84.4 Å². The van der Waals surface area contributed by atoms with Crippen LogP contribution in [0.2, 0.25) is 0 Å². The number of thiol groups is 2. The predicted octanol–water partition coefficient (Wildman–Crippen LogP) is -5.48. The number of carboxylic acids is 3. The first kappa shape index (κ1) is 96.7. The van der Waals surface area contributed by atoms with Crippen LogP contribution in [-0.4, -0.2) is 269 Å². The number of hydrogen-bond donors (Lipinski definition) is 26. The van der Waals surface area contributed by atoms with Crippen LogP contribution in [0.5, 0.6) is 5.75 Å².